The molecule has 18 heavy (non-hydrogen) atoms. The molecule has 4 heteroatoms. The van der Waals surface area contributed by atoms with E-state index in [2.05, 4.69) is 74.0 Å². The van der Waals surface area contributed by atoms with Gasteiger partial charge in [0.25, 0.3) is 0 Å². The largest absolute Gasteiger partial charge is 0.294 e. The maximum absolute atomic E-state index is 8.76. The highest BCUT2D eigenvalue weighted by Gasteiger charge is 2.17. The first-order valence-electron chi connectivity index (χ1n) is 6.05. The van der Waals surface area contributed by atoms with Crippen molar-refractivity contribution in [3.8, 4) is 6.07 Å². The Morgan fingerprint density at radius 3 is 2.56 bits per heavy atom. The quantitative estimate of drug-likeness (QED) is 0.672. The monoisotopic (exact) mass is 372 g/mol. The molecular formula is C14H18Br2N2. The minimum absolute atomic E-state index is 0.332. The van der Waals surface area contributed by atoms with Crippen LogP contribution in [0.5, 0.6) is 0 Å². The number of benzene rings is 1. The van der Waals surface area contributed by atoms with Gasteiger partial charge in [-0.2, -0.15) is 5.26 Å². The molecule has 98 valence electrons. The predicted octanol–water partition coefficient (Wildman–Crippen LogP) is 4.12. The molecule has 0 heterocycles. The first-order valence-corrected chi connectivity index (χ1v) is 8.08. The Morgan fingerprint density at radius 2 is 2.00 bits per heavy atom. The smallest absolute Gasteiger partial charge is 0.0635 e. The average molecular weight is 374 g/mol. The first-order chi connectivity index (χ1) is 8.69. The van der Waals surface area contributed by atoms with Crippen molar-refractivity contribution in [3.63, 3.8) is 0 Å². The van der Waals surface area contributed by atoms with Gasteiger partial charge in [0, 0.05) is 35.7 Å². The van der Waals surface area contributed by atoms with Crippen molar-refractivity contribution >= 4 is 31.9 Å². The Bertz CT molecular complexity index is 375. The van der Waals surface area contributed by atoms with E-state index < -0.39 is 0 Å². The third-order valence-electron chi connectivity index (χ3n) is 2.94. The van der Waals surface area contributed by atoms with Crippen LogP contribution in [0.15, 0.2) is 30.3 Å². The lowest BCUT2D eigenvalue weighted by molar-refractivity contribution is 0.220. The van der Waals surface area contributed by atoms with Gasteiger partial charge >= 0.3 is 0 Å². The van der Waals surface area contributed by atoms with E-state index in [4.69, 9.17) is 5.26 Å². The summed E-state index contributed by atoms with van der Waals surface area (Å²) in [5.41, 5.74) is 1.30. The van der Waals surface area contributed by atoms with Crippen LogP contribution in [0.1, 0.15) is 24.9 Å². The molecule has 2 nitrogen and oxygen atoms in total. The summed E-state index contributed by atoms with van der Waals surface area (Å²) in [6.45, 7) is 3.94. The topological polar surface area (TPSA) is 27.0 Å². The van der Waals surface area contributed by atoms with Crippen LogP contribution in [0.4, 0.5) is 0 Å². The summed E-state index contributed by atoms with van der Waals surface area (Å²) < 4.78 is 0. The second kappa shape index (κ2) is 8.68. The third kappa shape index (κ3) is 5.09. The molecule has 0 radical (unpaired) electrons. The Morgan fingerprint density at radius 1 is 1.33 bits per heavy atom. The molecule has 0 aromatic heterocycles. The van der Waals surface area contributed by atoms with Gasteiger partial charge in [-0.05, 0) is 12.5 Å². The van der Waals surface area contributed by atoms with E-state index in [1.807, 2.05) is 6.07 Å². The van der Waals surface area contributed by atoms with Crippen molar-refractivity contribution < 1.29 is 0 Å². The molecule has 0 aliphatic rings. The summed E-state index contributed by atoms with van der Waals surface area (Å²) in [6, 6.07) is 13.0. The zero-order valence-corrected chi connectivity index (χ0v) is 13.7. The fourth-order valence-electron chi connectivity index (χ4n) is 1.88. The van der Waals surface area contributed by atoms with E-state index >= 15 is 0 Å². The molecule has 1 rings (SSSR count). The molecule has 0 bridgehead atoms. The molecule has 2 unspecified atom stereocenters. The van der Waals surface area contributed by atoms with Crippen molar-refractivity contribution in [2.24, 2.45) is 0 Å². The summed E-state index contributed by atoms with van der Waals surface area (Å²) in [7, 11) is 0. The van der Waals surface area contributed by atoms with Gasteiger partial charge in [0.05, 0.1) is 6.07 Å². The second-order valence-corrected chi connectivity index (χ2v) is 6.18. The highest BCUT2D eigenvalue weighted by atomic mass is 79.9. The van der Waals surface area contributed by atoms with E-state index in [9.17, 15) is 0 Å². The van der Waals surface area contributed by atoms with Crippen molar-refractivity contribution in [1.29, 1.82) is 5.26 Å². The van der Waals surface area contributed by atoms with E-state index in [0.29, 0.717) is 17.3 Å². The summed E-state index contributed by atoms with van der Waals surface area (Å²) in [5, 5.41) is 9.68. The zero-order chi connectivity index (χ0) is 13.4. The Kier molecular flexibility index (Phi) is 7.57. The van der Waals surface area contributed by atoms with Crippen LogP contribution >= 0.6 is 31.9 Å². The molecule has 0 saturated heterocycles. The molecule has 0 aliphatic heterocycles. The van der Waals surface area contributed by atoms with Crippen LogP contribution in [-0.4, -0.2) is 28.1 Å². The van der Waals surface area contributed by atoms with Gasteiger partial charge in [-0.25, -0.2) is 0 Å². The van der Waals surface area contributed by atoms with E-state index in [0.717, 1.165) is 18.4 Å². The Labute approximate surface area is 126 Å². The highest BCUT2D eigenvalue weighted by molar-refractivity contribution is 9.12. The second-order valence-electron chi connectivity index (χ2n) is 4.24. The number of alkyl halides is 2. The van der Waals surface area contributed by atoms with Crippen LogP contribution < -0.4 is 0 Å². The summed E-state index contributed by atoms with van der Waals surface area (Å²) in [4.78, 5) is 2.75. The van der Waals surface area contributed by atoms with Gasteiger partial charge in [0.1, 0.15) is 0 Å². The predicted molar refractivity (Wildman–Crippen MR) is 83.2 cm³/mol. The maximum atomic E-state index is 8.76. The van der Waals surface area contributed by atoms with Crippen molar-refractivity contribution in [2.75, 3.05) is 18.4 Å². The average Bonchev–Trinajstić information content (AvgIpc) is 2.43. The van der Waals surface area contributed by atoms with E-state index in [1.54, 1.807) is 0 Å². The van der Waals surface area contributed by atoms with Crippen molar-refractivity contribution in [1.82, 2.24) is 4.90 Å². The van der Waals surface area contributed by atoms with E-state index in [-0.39, 0.29) is 0 Å². The highest BCUT2D eigenvalue weighted by Crippen LogP contribution is 2.21. The van der Waals surface area contributed by atoms with Crippen LogP contribution in [0.25, 0.3) is 0 Å². The standard InChI is InChI=1S/C14H18Br2N2/c1-12(13-6-3-2-4-7-13)18(9-5-8-17)11-14(16)10-15/h2-4,6-7,12,14H,5,9-11H2,1H3. The van der Waals surface area contributed by atoms with Gasteiger partial charge in [0.2, 0.25) is 0 Å². The number of nitriles is 1. The molecule has 0 amide bonds. The number of hydrogen-bond acceptors (Lipinski definition) is 2. The maximum Gasteiger partial charge on any atom is 0.0635 e. The molecule has 0 N–H and O–H groups in total. The zero-order valence-electron chi connectivity index (χ0n) is 10.5. The van der Waals surface area contributed by atoms with Crippen LogP contribution in [-0.2, 0) is 0 Å². The number of nitrogens with zero attached hydrogens (tertiary/aromatic N) is 2. The number of rotatable bonds is 7. The van der Waals surface area contributed by atoms with Gasteiger partial charge in [0.15, 0.2) is 0 Å². The van der Waals surface area contributed by atoms with Crippen molar-refractivity contribution in [2.45, 2.75) is 24.2 Å². The molecule has 0 fully saturated rings. The molecule has 1 aromatic rings. The normalized spacial score (nSPS) is 14.2. The summed E-state index contributed by atoms with van der Waals surface area (Å²) in [5.74, 6) is 0. The Balaban J connectivity index is 2.72. The van der Waals surface area contributed by atoms with Gasteiger partial charge in [-0.1, -0.05) is 62.2 Å². The minimum atomic E-state index is 0.332. The SMILES string of the molecule is CC(c1ccccc1)N(CCC#N)CC(Br)CBr. The number of hydrogen-bond donors (Lipinski definition) is 0. The summed E-state index contributed by atoms with van der Waals surface area (Å²) in [6.07, 6.45) is 0.569. The molecule has 1 aromatic carbocycles. The number of halogens is 2. The van der Waals surface area contributed by atoms with Gasteiger partial charge in [-0.15, -0.1) is 0 Å². The minimum Gasteiger partial charge on any atom is -0.294 e. The first kappa shape index (κ1) is 15.7. The molecule has 0 spiro atoms. The third-order valence-corrected chi connectivity index (χ3v) is 5.20. The molecule has 0 aliphatic carbocycles. The van der Waals surface area contributed by atoms with Gasteiger partial charge in [-0.3, -0.25) is 4.90 Å². The van der Waals surface area contributed by atoms with Crippen LogP contribution in [0, 0.1) is 11.3 Å². The fourth-order valence-corrected chi connectivity index (χ4v) is 2.46. The van der Waals surface area contributed by atoms with Crippen molar-refractivity contribution in [3.05, 3.63) is 35.9 Å². The Hall–Kier alpha value is -0.370. The summed E-state index contributed by atoms with van der Waals surface area (Å²) >= 11 is 7.12. The van der Waals surface area contributed by atoms with Crippen LogP contribution in [0.3, 0.4) is 0 Å². The van der Waals surface area contributed by atoms with Gasteiger partial charge < -0.3 is 0 Å². The molecular weight excluding hydrogens is 356 g/mol. The lowest BCUT2D eigenvalue weighted by atomic mass is 10.1. The van der Waals surface area contributed by atoms with E-state index in [1.165, 1.54) is 5.56 Å². The molecule has 2 atom stereocenters. The van der Waals surface area contributed by atoms with Crippen LogP contribution in [0.2, 0.25) is 0 Å². The lowest BCUT2D eigenvalue weighted by Crippen LogP contribution is -2.33. The molecule has 0 saturated carbocycles. The fraction of sp³-hybridized carbons (Fsp3) is 0.500. The lowest BCUT2D eigenvalue weighted by Gasteiger charge is -2.30.